The summed E-state index contributed by atoms with van der Waals surface area (Å²) in [6.07, 6.45) is 0. The Morgan fingerprint density at radius 3 is 0.400 bits per heavy atom. The van der Waals surface area contributed by atoms with E-state index in [9.17, 15) is 0 Å². The zero-order valence-electron chi connectivity index (χ0n) is 4.30. The molecular formula is C4H12Cu-2. The third kappa shape index (κ3) is 106. The summed E-state index contributed by atoms with van der Waals surface area (Å²) in [4.78, 5) is 0. The fraction of sp³-hybridized carbons (Fsp3) is 0. The summed E-state index contributed by atoms with van der Waals surface area (Å²) < 4.78 is 0. The van der Waals surface area contributed by atoms with Crippen LogP contribution in [0.2, 0.25) is 0 Å². The third-order valence-electron chi connectivity index (χ3n) is 0. The summed E-state index contributed by atoms with van der Waals surface area (Å²) in [6, 6.07) is 0. The van der Waals surface area contributed by atoms with Crippen LogP contribution in [0.1, 0.15) is 0 Å². The Morgan fingerprint density at radius 1 is 0.400 bits per heavy atom. The van der Waals surface area contributed by atoms with Crippen molar-refractivity contribution in [1.29, 1.82) is 0 Å². The Bertz CT molecular complexity index is 3.61. The molecule has 0 spiro atoms. The van der Waals surface area contributed by atoms with Gasteiger partial charge in [0.1, 0.15) is 0 Å². The zero-order chi connectivity index (χ0) is 0. The average molecular weight is 124 g/mol. The molecule has 0 aliphatic heterocycles. The van der Waals surface area contributed by atoms with Gasteiger partial charge in [-0.25, -0.2) is 0 Å². The largest absolute Gasteiger partial charge is 2.00 e. The summed E-state index contributed by atoms with van der Waals surface area (Å²) >= 11 is 0. The van der Waals surface area contributed by atoms with E-state index in [1.54, 1.807) is 0 Å². The van der Waals surface area contributed by atoms with E-state index in [0.29, 0.717) is 0 Å². The Balaban J connectivity index is 0. The molecule has 0 aromatic carbocycles. The molecule has 5 heavy (non-hydrogen) atoms. The molecule has 41 valence electrons. The van der Waals surface area contributed by atoms with Gasteiger partial charge in [0.05, 0.1) is 0 Å². The van der Waals surface area contributed by atoms with Crippen molar-refractivity contribution < 1.29 is 17.1 Å². The van der Waals surface area contributed by atoms with Gasteiger partial charge >= 0.3 is 17.1 Å². The van der Waals surface area contributed by atoms with Crippen molar-refractivity contribution in [3.63, 3.8) is 0 Å². The minimum atomic E-state index is 0. The number of rotatable bonds is 0. The summed E-state index contributed by atoms with van der Waals surface area (Å²) in [6.45, 7) is 0. The van der Waals surface area contributed by atoms with Gasteiger partial charge in [-0.1, -0.05) is 0 Å². The maximum atomic E-state index is 0. The van der Waals surface area contributed by atoms with Crippen LogP contribution in [0.25, 0.3) is 0 Å². The molecule has 0 nitrogen and oxygen atoms in total. The van der Waals surface area contributed by atoms with Gasteiger partial charge in [-0.15, -0.1) is 0 Å². The molecule has 0 rings (SSSR count). The standard InChI is InChI=1S/4CH3.Cu/h4*1H3;/q4*-1;+2. The molecule has 0 amide bonds. The molecule has 0 fully saturated rings. The van der Waals surface area contributed by atoms with Gasteiger partial charge in [-0.05, 0) is 0 Å². The zero-order valence-corrected chi connectivity index (χ0v) is 5.24. The van der Waals surface area contributed by atoms with Crippen molar-refractivity contribution in [2.75, 3.05) is 0 Å². The Labute approximate surface area is 47.4 Å². The van der Waals surface area contributed by atoms with E-state index >= 15 is 0 Å². The second-order valence-electron chi connectivity index (χ2n) is 0. The second kappa shape index (κ2) is 207. The van der Waals surface area contributed by atoms with Crippen molar-refractivity contribution in [3.05, 3.63) is 29.7 Å². The molecule has 0 atom stereocenters. The summed E-state index contributed by atoms with van der Waals surface area (Å²) in [5.41, 5.74) is 0. The van der Waals surface area contributed by atoms with E-state index in [0.717, 1.165) is 0 Å². The van der Waals surface area contributed by atoms with Gasteiger partial charge in [0.2, 0.25) is 0 Å². The van der Waals surface area contributed by atoms with Crippen molar-refractivity contribution in [2.24, 2.45) is 0 Å². The van der Waals surface area contributed by atoms with Crippen LogP contribution in [0, 0.1) is 29.7 Å². The van der Waals surface area contributed by atoms with E-state index in [1.165, 1.54) is 0 Å². The predicted molar refractivity (Wildman–Crippen MR) is 25.7 cm³/mol. The van der Waals surface area contributed by atoms with E-state index < -0.39 is 0 Å². The van der Waals surface area contributed by atoms with Gasteiger partial charge in [0.25, 0.3) is 0 Å². The van der Waals surface area contributed by atoms with E-state index in [1.807, 2.05) is 0 Å². The van der Waals surface area contributed by atoms with Crippen LogP contribution in [0.5, 0.6) is 0 Å². The molecule has 0 aromatic rings. The van der Waals surface area contributed by atoms with E-state index in [4.69, 9.17) is 0 Å². The fourth-order valence-electron chi connectivity index (χ4n) is 0. The number of hydrogen-bond acceptors (Lipinski definition) is 0. The summed E-state index contributed by atoms with van der Waals surface area (Å²) in [7, 11) is 0. The maximum absolute atomic E-state index is 0. The molecule has 0 heterocycles. The van der Waals surface area contributed by atoms with Crippen molar-refractivity contribution in [2.45, 2.75) is 0 Å². The minimum absolute atomic E-state index is 0. The first-order valence-electron chi connectivity index (χ1n) is 0. The van der Waals surface area contributed by atoms with E-state index in [-0.39, 0.29) is 46.8 Å². The van der Waals surface area contributed by atoms with Crippen LogP contribution in [0.4, 0.5) is 0 Å². The Hall–Kier alpha value is 0.519. The first-order valence-corrected chi connectivity index (χ1v) is 0. The fourth-order valence-corrected chi connectivity index (χ4v) is 0. The van der Waals surface area contributed by atoms with Gasteiger partial charge in [0, 0.05) is 0 Å². The van der Waals surface area contributed by atoms with Crippen molar-refractivity contribution in [3.8, 4) is 0 Å². The first-order chi connectivity index (χ1) is 0. The van der Waals surface area contributed by atoms with Crippen molar-refractivity contribution in [1.82, 2.24) is 0 Å². The molecule has 0 saturated carbocycles. The minimum Gasteiger partial charge on any atom is -0.358 e. The van der Waals surface area contributed by atoms with Crippen LogP contribution < -0.4 is 0 Å². The van der Waals surface area contributed by atoms with Crippen LogP contribution in [0.15, 0.2) is 0 Å². The van der Waals surface area contributed by atoms with Crippen LogP contribution in [-0.2, 0) is 17.1 Å². The molecule has 0 aromatic heterocycles. The van der Waals surface area contributed by atoms with Gasteiger partial charge in [-0.3, -0.25) is 0 Å². The molecule has 0 bridgehead atoms. The predicted octanol–water partition coefficient (Wildman–Crippen LogP) is 1.80. The quantitative estimate of drug-likeness (QED) is 0.341. The Kier molecular flexibility index (Phi) is 17300. The molecule has 1 heteroatoms. The Morgan fingerprint density at radius 2 is 0.400 bits per heavy atom. The topological polar surface area (TPSA) is 0 Å². The molecule has 0 unspecified atom stereocenters. The average Bonchev–Trinajstić information content (AvgIpc) is 0. The van der Waals surface area contributed by atoms with Gasteiger partial charge in [0.15, 0.2) is 0 Å². The monoisotopic (exact) mass is 123 g/mol. The molecule has 0 aliphatic rings. The second-order valence-corrected chi connectivity index (χ2v) is 0. The third-order valence-corrected chi connectivity index (χ3v) is 0. The van der Waals surface area contributed by atoms with Gasteiger partial charge in [-0.2, -0.15) is 0 Å². The van der Waals surface area contributed by atoms with Crippen LogP contribution in [0.3, 0.4) is 0 Å². The summed E-state index contributed by atoms with van der Waals surface area (Å²) in [5.74, 6) is 0. The molecule has 1 radical (unpaired) electrons. The number of hydrogen-bond donors (Lipinski definition) is 0. The molecule has 0 aliphatic carbocycles. The normalized spacial score (nSPS) is 0. The van der Waals surface area contributed by atoms with Crippen LogP contribution >= 0.6 is 0 Å². The first kappa shape index (κ1) is 418. The SMILES string of the molecule is [CH3-].[CH3-].[CH3-].[CH3-].[Cu+2]. The summed E-state index contributed by atoms with van der Waals surface area (Å²) in [5, 5.41) is 0. The maximum Gasteiger partial charge on any atom is 2.00 e. The molecule has 0 N–H and O–H groups in total. The molecule has 0 saturated heterocycles. The van der Waals surface area contributed by atoms with E-state index in [2.05, 4.69) is 0 Å². The van der Waals surface area contributed by atoms with Gasteiger partial charge < -0.3 is 29.7 Å². The smallest absolute Gasteiger partial charge is 0.358 e. The molecular weight excluding hydrogens is 112 g/mol. The van der Waals surface area contributed by atoms with Crippen LogP contribution in [-0.4, -0.2) is 0 Å². The van der Waals surface area contributed by atoms with Crippen molar-refractivity contribution >= 4 is 0 Å².